The molecular formula is C10H9F3N2O. The molecule has 0 saturated heterocycles. The van der Waals surface area contributed by atoms with Crippen molar-refractivity contribution in [3.63, 3.8) is 0 Å². The molecule has 0 aliphatic rings. The number of nitrogens with zero attached hydrogens (tertiary/aromatic N) is 1. The number of hydrogen-bond donors (Lipinski definition) is 2. The van der Waals surface area contributed by atoms with E-state index in [9.17, 15) is 13.2 Å². The largest absolute Gasteiger partial charge is 0.504 e. The second kappa shape index (κ2) is 4.69. The number of amidine groups is 1. The number of benzene rings is 1. The Morgan fingerprint density at radius 1 is 1.25 bits per heavy atom. The Morgan fingerprint density at radius 2 is 1.81 bits per heavy atom. The first-order valence-corrected chi connectivity index (χ1v) is 4.26. The topological polar surface area (TPSA) is 58.6 Å². The molecule has 1 aromatic carbocycles. The summed E-state index contributed by atoms with van der Waals surface area (Å²) in [4.78, 5) is 3.67. The smallest absolute Gasteiger partial charge is 0.448 e. The molecule has 0 bridgehead atoms. The molecule has 0 aliphatic heterocycles. The fourth-order valence-electron chi connectivity index (χ4n) is 0.906. The summed E-state index contributed by atoms with van der Waals surface area (Å²) >= 11 is 0. The van der Waals surface area contributed by atoms with Crippen molar-refractivity contribution in [1.82, 2.24) is 0 Å². The number of aliphatic hydroxyl groups is 1. The first-order chi connectivity index (χ1) is 7.39. The van der Waals surface area contributed by atoms with Gasteiger partial charge in [-0.25, -0.2) is 4.99 Å². The van der Waals surface area contributed by atoms with E-state index in [0.29, 0.717) is 11.8 Å². The standard InChI is InChI=1S/C10H9F3N2O/c11-10(12,13)8(16)6-9(14)15-7-4-2-1-3-5-7/h1-6,16H,(H2,14,15)/b8-6+. The Hall–Kier alpha value is -1.98. The van der Waals surface area contributed by atoms with Gasteiger partial charge < -0.3 is 10.8 Å². The minimum atomic E-state index is -4.81. The lowest BCUT2D eigenvalue weighted by Gasteiger charge is -2.03. The monoisotopic (exact) mass is 230 g/mol. The second-order valence-corrected chi connectivity index (χ2v) is 2.90. The number of hydrogen-bond acceptors (Lipinski definition) is 2. The van der Waals surface area contributed by atoms with Crippen LogP contribution in [0.2, 0.25) is 0 Å². The highest BCUT2D eigenvalue weighted by molar-refractivity contribution is 5.93. The van der Waals surface area contributed by atoms with E-state index in [-0.39, 0.29) is 0 Å². The number of nitrogens with two attached hydrogens (primary N) is 1. The van der Waals surface area contributed by atoms with Gasteiger partial charge in [-0.15, -0.1) is 0 Å². The summed E-state index contributed by atoms with van der Waals surface area (Å²) in [5.74, 6) is -2.19. The summed E-state index contributed by atoms with van der Waals surface area (Å²) in [6, 6.07) is 8.22. The maximum absolute atomic E-state index is 11.9. The zero-order chi connectivity index (χ0) is 12.2. The number of aliphatic hydroxyl groups excluding tert-OH is 1. The Balaban J connectivity index is 2.88. The predicted octanol–water partition coefficient (Wildman–Crippen LogP) is 2.68. The van der Waals surface area contributed by atoms with E-state index in [0.717, 1.165) is 0 Å². The Bertz CT molecular complexity index is 410. The predicted molar refractivity (Wildman–Crippen MR) is 54.5 cm³/mol. The van der Waals surface area contributed by atoms with Gasteiger partial charge >= 0.3 is 6.18 Å². The van der Waals surface area contributed by atoms with E-state index in [1.54, 1.807) is 30.3 Å². The van der Waals surface area contributed by atoms with Crippen molar-refractivity contribution in [2.75, 3.05) is 0 Å². The van der Waals surface area contributed by atoms with Crippen LogP contribution in [-0.2, 0) is 0 Å². The van der Waals surface area contributed by atoms with Gasteiger partial charge in [0.25, 0.3) is 0 Å². The number of aliphatic imine (C=N–C) groups is 1. The third kappa shape index (κ3) is 3.64. The van der Waals surface area contributed by atoms with Crippen LogP contribution in [0.1, 0.15) is 0 Å². The normalized spacial score (nSPS) is 13.9. The van der Waals surface area contributed by atoms with Gasteiger partial charge in [0.1, 0.15) is 5.84 Å². The van der Waals surface area contributed by atoms with Gasteiger partial charge in [-0.2, -0.15) is 13.2 Å². The summed E-state index contributed by atoms with van der Waals surface area (Å²) in [7, 11) is 0. The molecule has 0 aliphatic carbocycles. The van der Waals surface area contributed by atoms with Gasteiger partial charge in [-0.1, -0.05) is 18.2 Å². The van der Waals surface area contributed by atoms with Gasteiger partial charge in [0.05, 0.1) is 5.69 Å². The van der Waals surface area contributed by atoms with E-state index in [2.05, 4.69) is 4.99 Å². The van der Waals surface area contributed by atoms with Crippen LogP contribution in [0.5, 0.6) is 0 Å². The van der Waals surface area contributed by atoms with Crippen molar-refractivity contribution >= 4 is 11.5 Å². The molecule has 0 heterocycles. The molecule has 0 aromatic heterocycles. The molecule has 0 fully saturated rings. The van der Waals surface area contributed by atoms with Crippen molar-refractivity contribution in [2.24, 2.45) is 10.7 Å². The highest BCUT2D eigenvalue weighted by Gasteiger charge is 2.33. The maximum Gasteiger partial charge on any atom is 0.448 e. The molecule has 0 atom stereocenters. The third-order valence-corrected chi connectivity index (χ3v) is 1.59. The van der Waals surface area contributed by atoms with Crippen molar-refractivity contribution in [3.8, 4) is 0 Å². The summed E-state index contributed by atoms with van der Waals surface area (Å²) in [6.45, 7) is 0. The van der Waals surface area contributed by atoms with Crippen LogP contribution in [0, 0.1) is 0 Å². The lowest BCUT2D eigenvalue weighted by molar-refractivity contribution is -0.120. The first-order valence-electron chi connectivity index (χ1n) is 4.26. The van der Waals surface area contributed by atoms with Gasteiger partial charge in [-0.05, 0) is 12.1 Å². The van der Waals surface area contributed by atoms with Crippen LogP contribution < -0.4 is 5.73 Å². The molecule has 0 unspecified atom stereocenters. The fraction of sp³-hybridized carbons (Fsp3) is 0.100. The molecule has 1 aromatic rings. The fourth-order valence-corrected chi connectivity index (χ4v) is 0.906. The summed E-state index contributed by atoms with van der Waals surface area (Å²) in [6.07, 6.45) is -4.44. The number of rotatable bonds is 2. The minimum absolute atomic E-state index is 0.368. The molecule has 0 radical (unpaired) electrons. The molecule has 6 heteroatoms. The SMILES string of the molecule is NC(/C=C(/O)C(F)(F)F)=Nc1ccccc1. The molecule has 86 valence electrons. The van der Waals surface area contributed by atoms with Crippen LogP contribution in [0.15, 0.2) is 47.2 Å². The Kier molecular flexibility index (Phi) is 3.55. The summed E-state index contributed by atoms with van der Waals surface area (Å²) in [5, 5.41) is 8.61. The maximum atomic E-state index is 11.9. The van der Waals surface area contributed by atoms with Crippen LogP contribution >= 0.6 is 0 Å². The van der Waals surface area contributed by atoms with E-state index in [4.69, 9.17) is 10.8 Å². The zero-order valence-electron chi connectivity index (χ0n) is 8.07. The molecule has 3 N–H and O–H groups in total. The lowest BCUT2D eigenvalue weighted by Crippen LogP contribution is -2.16. The highest BCUT2D eigenvalue weighted by atomic mass is 19.4. The van der Waals surface area contributed by atoms with E-state index in [1.807, 2.05) is 0 Å². The van der Waals surface area contributed by atoms with Gasteiger partial charge in [-0.3, -0.25) is 0 Å². The molecule has 1 rings (SSSR count). The number of allylic oxidation sites excluding steroid dienone is 1. The average molecular weight is 230 g/mol. The Labute approximate surface area is 89.7 Å². The van der Waals surface area contributed by atoms with Crippen LogP contribution in [-0.4, -0.2) is 17.1 Å². The van der Waals surface area contributed by atoms with Crippen LogP contribution in [0.4, 0.5) is 18.9 Å². The number of para-hydroxylation sites is 1. The quantitative estimate of drug-likeness (QED) is 0.466. The molecular weight excluding hydrogens is 221 g/mol. The molecule has 16 heavy (non-hydrogen) atoms. The van der Waals surface area contributed by atoms with Crippen LogP contribution in [0.25, 0.3) is 0 Å². The molecule has 0 amide bonds. The van der Waals surface area contributed by atoms with Crippen LogP contribution in [0.3, 0.4) is 0 Å². The van der Waals surface area contributed by atoms with E-state index < -0.39 is 17.8 Å². The average Bonchev–Trinajstić information content (AvgIpc) is 2.17. The van der Waals surface area contributed by atoms with Crippen molar-refractivity contribution in [3.05, 3.63) is 42.2 Å². The lowest BCUT2D eigenvalue weighted by atomic mass is 10.3. The van der Waals surface area contributed by atoms with Crippen molar-refractivity contribution < 1.29 is 18.3 Å². The molecule has 0 spiro atoms. The zero-order valence-corrected chi connectivity index (χ0v) is 8.07. The summed E-state index contributed by atoms with van der Waals surface area (Å²) < 4.78 is 35.8. The summed E-state index contributed by atoms with van der Waals surface area (Å²) in [5.41, 5.74) is 5.63. The molecule has 3 nitrogen and oxygen atoms in total. The third-order valence-electron chi connectivity index (χ3n) is 1.59. The minimum Gasteiger partial charge on any atom is -0.504 e. The van der Waals surface area contributed by atoms with Gasteiger partial charge in [0.15, 0.2) is 0 Å². The van der Waals surface area contributed by atoms with Crippen molar-refractivity contribution in [1.29, 1.82) is 0 Å². The van der Waals surface area contributed by atoms with Gasteiger partial charge in [0, 0.05) is 6.08 Å². The number of halogens is 3. The van der Waals surface area contributed by atoms with E-state index in [1.165, 1.54) is 0 Å². The highest BCUT2D eigenvalue weighted by Crippen LogP contribution is 2.22. The van der Waals surface area contributed by atoms with Gasteiger partial charge in [0.2, 0.25) is 5.76 Å². The van der Waals surface area contributed by atoms with E-state index >= 15 is 0 Å². The van der Waals surface area contributed by atoms with Crippen molar-refractivity contribution in [2.45, 2.75) is 6.18 Å². The number of alkyl halides is 3. The molecule has 0 saturated carbocycles. The second-order valence-electron chi connectivity index (χ2n) is 2.90. The Morgan fingerprint density at radius 3 is 2.31 bits per heavy atom. The first kappa shape index (κ1) is 12.1.